The maximum atomic E-state index is 10.4. The van der Waals surface area contributed by atoms with Gasteiger partial charge in [0.25, 0.3) is 0 Å². The molecule has 624 valence electrons. The largest absolute Gasteiger partial charge is 0.437 e. The third-order valence-corrected chi connectivity index (χ3v) is 79.4. The molecule has 0 atom stereocenters. The van der Waals surface area contributed by atoms with Gasteiger partial charge in [0.05, 0.1) is 55.8 Å². The van der Waals surface area contributed by atoms with Crippen molar-refractivity contribution in [3.8, 4) is 0 Å². The summed E-state index contributed by atoms with van der Waals surface area (Å²) in [7, 11) is -30.5. The molecule has 0 fully saturated rings. The lowest BCUT2D eigenvalue weighted by atomic mass is 9.81. The Hall–Kier alpha value is 2.83. The van der Waals surface area contributed by atoms with Crippen LogP contribution in [0.3, 0.4) is 0 Å². The average molecular weight is 1740 g/mol. The Kier molecular flexibility index (Phi) is 49.1. The summed E-state index contributed by atoms with van der Waals surface area (Å²) >= 11 is 0. The van der Waals surface area contributed by atoms with Crippen molar-refractivity contribution in [2.75, 3.05) is 39.6 Å². The minimum Gasteiger partial charge on any atom is -0.437 e. The van der Waals surface area contributed by atoms with Crippen LogP contribution in [0.25, 0.3) is 0 Å². The van der Waals surface area contributed by atoms with E-state index < -0.39 is 145 Å². The lowest BCUT2D eigenvalue weighted by molar-refractivity contribution is 0.0377. The maximum Gasteiger partial charge on any atom is 0.314 e. The van der Waals surface area contributed by atoms with Crippen LogP contribution in [0, 0.1) is 16.2 Å². The van der Waals surface area contributed by atoms with Gasteiger partial charge in [0.2, 0.25) is 0 Å². The molecular weight excluding hydrogens is 1560 g/mol. The van der Waals surface area contributed by atoms with E-state index in [1.165, 1.54) is 61.2 Å². The monoisotopic (exact) mass is 1740 g/mol. The van der Waals surface area contributed by atoms with E-state index in [4.69, 9.17) is 41.2 Å². The van der Waals surface area contributed by atoms with E-state index in [0.29, 0.717) is 0 Å². The molecule has 0 bridgehead atoms. The van der Waals surface area contributed by atoms with Gasteiger partial charge >= 0.3 is 51.4 Å². The summed E-state index contributed by atoms with van der Waals surface area (Å²) in [6.07, 6.45) is 11.1. The predicted octanol–water partition coefficient (Wildman–Crippen LogP) is 22.1. The van der Waals surface area contributed by atoms with E-state index in [9.17, 15) is 30.6 Å². The van der Waals surface area contributed by atoms with Gasteiger partial charge < -0.3 is 71.8 Å². The van der Waals surface area contributed by atoms with Crippen LogP contribution < -0.4 is 0 Å². The van der Waals surface area contributed by atoms with Gasteiger partial charge in [0.1, 0.15) is 0 Å². The zero-order valence-corrected chi connectivity index (χ0v) is 91.5. The van der Waals surface area contributed by atoms with Crippen molar-refractivity contribution in [3.05, 3.63) is 0 Å². The van der Waals surface area contributed by atoms with Crippen LogP contribution in [-0.4, -0.2) is 204 Å². The summed E-state index contributed by atoms with van der Waals surface area (Å²) in [4.78, 5) is 0. The van der Waals surface area contributed by atoms with Crippen LogP contribution >= 0.6 is 0 Å². The molecule has 0 aliphatic rings. The van der Waals surface area contributed by atoms with Crippen LogP contribution in [0.4, 0.5) is 0 Å². The Labute approximate surface area is 657 Å². The molecule has 0 radical (unpaired) electrons. The number of aliphatic hydroxyl groups is 6. The normalized spacial score (nSPS) is 14.8. The Morgan fingerprint density at radius 2 is 0.369 bits per heavy atom. The summed E-state index contributed by atoms with van der Waals surface area (Å²) in [5.74, 6) is 0. The second-order valence-electron chi connectivity index (χ2n) is 40.8. The smallest absolute Gasteiger partial charge is 0.314 e. The highest BCUT2D eigenvalue weighted by Crippen LogP contribution is 2.40. The third-order valence-electron chi connectivity index (χ3n) is 20.2. The summed E-state index contributed by atoms with van der Waals surface area (Å²) in [5, 5.41) is 61.6. The van der Waals surface area contributed by atoms with Gasteiger partial charge in [-0.15, -0.1) is 0 Å². The van der Waals surface area contributed by atoms with Crippen LogP contribution in [0.1, 0.15) is 119 Å². The molecule has 0 rings (SSSR count). The fraction of sp³-hybridized carbons (Fsp3) is 1.00. The van der Waals surface area contributed by atoms with Gasteiger partial charge in [-0.3, -0.25) is 0 Å². The second-order valence-corrected chi connectivity index (χ2v) is 110. The van der Waals surface area contributed by atoms with Crippen molar-refractivity contribution < 1.29 is 71.8 Å². The van der Waals surface area contributed by atoms with Crippen LogP contribution in [-0.2, 0) is 41.2 Å². The van der Waals surface area contributed by atoms with Gasteiger partial charge in [-0.25, -0.2) is 0 Å². The summed E-state index contributed by atoms with van der Waals surface area (Å²) in [6, 6.07) is 14.7. The van der Waals surface area contributed by atoms with Crippen molar-refractivity contribution in [1.82, 2.24) is 0 Å². The Morgan fingerprint density at radius 1 is 0.204 bits per heavy atom. The fourth-order valence-electron chi connectivity index (χ4n) is 16.1. The van der Waals surface area contributed by atoms with Crippen LogP contribution in [0.2, 0.25) is 282 Å². The number of rotatable bonds is 56. The van der Waals surface area contributed by atoms with Gasteiger partial charge in [0.15, 0.2) is 66.5 Å². The molecule has 6 N–H and O–H groups in total. The molecule has 32 heteroatoms. The highest BCUT2D eigenvalue weighted by molar-refractivity contribution is 6.92. The Bertz CT molecular complexity index is 2060. The maximum absolute atomic E-state index is 10.4. The molecule has 103 heavy (non-hydrogen) atoms. The molecule has 0 unspecified atom stereocenters. The Balaban J connectivity index is -0.00000151. The highest BCUT2D eigenvalue weighted by Gasteiger charge is 2.47. The highest BCUT2D eigenvalue weighted by atomic mass is 28.5. The second kappa shape index (κ2) is 45.9. The summed E-state index contributed by atoms with van der Waals surface area (Å²) in [5.41, 5.74) is -1.20. The van der Waals surface area contributed by atoms with Crippen molar-refractivity contribution in [3.63, 3.8) is 0 Å². The third kappa shape index (κ3) is 51.4. The van der Waals surface area contributed by atoms with E-state index in [2.05, 4.69) is 251 Å². The zero-order valence-electron chi connectivity index (χ0n) is 75.5. The lowest BCUT2D eigenvalue weighted by Crippen LogP contribution is -2.55. The van der Waals surface area contributed by atoms with Gasteiger partial charge in [-0.2, -0.15) is 0 Å². The predicted molar refractivity (Wildman–Crippen MR) is 488 cm³/mol. The molecular formula is C71H180O16Si16. The van der Waals surface area contributed by atoms with E-state index in [0.717, 1.165) is 88.4 Å². The Morgan fingerprint density at radius 3 is 0.534 bits per heavy atom. The SMILES string of the molecule is CC[Si](CC)(CC)CCCC(CO)(CO)CCC[Si](CC)(CC)CC.C[Si](C)(C)O[Si](C)(C)O[Si](C)(C)O[Si](C)(C)CCCC(CO)(CO)CCC[Si](C)(C)O[Si](C)(C)O[Si](C)(C)O[Si](C)(C)C.C[Si](C)(C)O[Si](C)(CCCC(CO)(CO)CCC[Si](C)(O[Si](C)(C)C)O[Si](C)(C)C)O[Si](C)(C)C. The lowest BCUT2D eigenvalue weighted by Gasteiger charge is -2.41. The fourth-order valence-corrected chi connectivity index (χ4v) is 85.1. The number of hydrogen-bond donors (Lipinski definition) is 6. The molecule has 0 saturated heterocycles. The molecule has 16 nitrogen and oxygen atoms in total. The number of aliphatic hydroxyl groups excluding tert-OH is 6. The van der Waals surface area contributed by atoms with E-state index in [-0.39, 0.29) is 45.1 Å². The average Bonchev–Trinajstić information content (AvgIpc) is 0.845. The van der Waals surface area contributed by atoms with Gasteiger partial charge in [0, 0.05) is 16.2 Å². The first-order chi connectivity index (χ1) is 46.0. The first kappa shape index (κ1) is 110. The van der Waals surface area contributed by atoms with Crippen molar-refractivity contribution in [1.29, 1.82) is 0 Å². The molecule has 0 aromatic carbocycles. The molecule has 0 aliphatic heterocycles. The molecule has 0 spiro atoms. The quantitative estimate of drug-likeness (QED) is 0.0313. The van der Waals surface area contributed by atoms with Crippen molar-refractivity contribution in [2.24, 2.45) is 16.2 Å². The molecule has 0 saturated carbocycles. The van der Waals surface area contributed by atoms with Crippen molar-refractivity contribution >= 4 is 134 Å². The van der Waals surface area contributed by atoms with E-state index in [1.54, 1.807) is 0 Å². The minimum atomic E-state index is -2.37. The van der Waals surface area contributed by atoms with Crippen molar-refractivity contribution in [2.45, 2.75) is 401 Å². The molecule has 0 heterocycles. The first-order valence-corrected chi connectivity index (χ1v) is 89.4. The molecule has 0 aliphatic carbocycles. The topological polar surface area (TPSA) is 214 Å². The first-order valence-electron chi connectivity index (χ1n) is 40.7. The molecule has 0 amide bonds. The van der Waals surface area contributed by atoms with Crippen LogP contribution in [0.5, 0.6) is 0 Å². The van der Waals surface area contributed by atoms with E-state index in [1.807, 2.05) is 0 Å². The molecule has 0 aromatic heterocycles. The van der Waals surface area contributed by atoms with Gasteiger partial charge in [-0.05, 0) is 272 Å². The van der Waals surface area contributed by atoms with Crippen LogP contribution in [0.15, 0.2) is 0 Å². The van der Waals surface area contributed by atoms with E-state index >= 15 is 0 Å². The number of hydrogen-bond acceptors (Lipinski definition) is 16. The summed E-state index contributed by atoms with van der Waals surface area (Å²) in [6.45, 7) is 85.0. The molecule has 0 aromatic rings. The standard InChI is InChI=1S/C27H72O8Si8.C23H60O6Si6.C21H48O2Si2/c1-36(2,3)30-40(11,12)34-42(15,16)32-38(7,8)23-19-21-27(25-28,26-29)22-20-24-39(9,10)33-43(17,18)35-41(13,14)31-37(4,5)6;1-30(2,3)26-34(13,27-31(4,5)6)19-15-17-23(21-24,22-25)18-16-20-35(14,28-32(7,8)9)29-33(10,11)12;1-7-24(8-2,9-3)17-13-15-21(19-22,20-23)16-14-18-25(10-4,11-5)12-6/h28-29H,19-26H2,1-18H3;24-25H,15-22H2,1-14H3;22-23H,7-20H2,1-6H3. The van der Waals surface area contributed by atoms with Gasteiger partial charge in [-0.1, -0.05) is 128 Å². The minimum absolute atomic E-state index is 0.00640. The summed E-state index contributed by atoms with van der Waals surface area (Å²) < 4.78 is 66.2. The zero-order chi connectivity index (χ0) is 81.8.